The van der Waals surface area contributed by atoms with Crippen LogP contribution in [0, 0.1) is 0 Å². The minimum atomic E-state index is -3.66. The van der Waals surface area contributed by atoms with Gasteiger partial charge in [-0.2, -0.15) is 0 Å². The number of sulfonamides is 1. The van der Waals surface area contributed by atoms with Gasteiger partial charge < -0.3 is 15.4 Å². The van der Waals surface area contributed by atoms with Gasteiger partial charge in [0.1, 0.15) is 6.54 Å². The van der Waals surface area contributed by atoms with Gasteiger partial charge >= 0.3 is 5.97 Å². The average Bonchev–Trinajstić information content (AvgIpc) is 2.63. The van der Waals surface area contributed by atoms with E-state index in [2.05, 4.69) is 21.9 Å². The van der Waals surface area contributed by atoms with Crippen LogP contribution in [0.15, 0.2) is 41.8 Å². The highest BCUT2D eigenvalue weighted by Gasteiger charge is 2.19. The first-order chi connectivity index (χ1) is 13.1. The zero-order chi connectivity index (χ0) is 21.3. The van der Waals surface area contributed by atoms with Crippen molar-refractivity contribution in [1.82, 2.24) is 15.4 Å². The molecule has 1 aromatic rings. The van der Waals surface area contributed by atoms with Crippen LogP contribution in [0.1, 0.15) is 31.1 Å². The Bertz CT molecular complexity index is 818. The highest BCUT2D eigenvalue weighted by Crippen LogP contribution is 2.11. The zero-order valence-corrected chi connectivity index (χ0v) is 16.8. The maximum atomic E-state index is 12.1. The molecule has 3 N–H and O–H groups in total. The molecule has 0 radical (unpaired) electrons. The largest absolute Gasteiger partial charge is 0.451 e. The lowest BCUT2D eigenvalue weighted by atomic mass is 10.2. The molecule has 0 unspecified atom stereocenters. The SMILES string of the molecule is C=CCNC(=O)[C@@H](C)OC(=O)CNC(=O)c1ccc(S(=O)(=O)NC(C)C)cc1. The predicted molar refractivity (Wildman–Crippen MR) is 103 cm³/mol. The molecule has 0 heterocycles. The molecule has 0 saturated carbocycles. The van der Waals surface area contributed by atoms with E-state index in [1.165, 1.54) is 37.3 Å². The molecule has 0 bridgehead atoms. The highest BCUT2D eigenvalue weighted by atomic mass is 32.2. The van der Waals surface area contributed by atoms with Gasteiger partial charge in [-0.25, -0.2) is 13.1 Å². The third-order valence-corrected chi connectivity index (χ3v) is 4.98. The number of ether oxygens (including phenoxy) is 1. The van der Waals surface area contributed by atoms with Gasteiger partial charge in [-0.1, -0.05) is 6.08 Å². The summed E-state index contributed by atoms with van der Waals surface area (Å²) in [4.78, 5) is 35.4. The number of rotatable bonds is 10. The Morgan fingerprint density at radius 2 is 1.71 bits per heavy atom. The normalized spacial score (nSPS) is 12.1. The van der Waals surface area contributed by atoms with Crippen LogP contribution in [-0.2, 0) is 24.3 Å². The molecule has 1 rings (SSSR count). The number of hydrogen-bond acceptors (Lipinski definition) is 6. The maximum absolute atomic E-state index is 12.1. The summed E-state index contributed by atoms with van der Waals surface area (Å²) in [5.41, 5.74) is 0.174. The summed E-state index contributed by atoms with van der Waals surface area (Å²) in [7, 11) is -3.66. The Balaban J connectivity index is 2.58. The van der Waals surface area contributed by atoms with Gasteiger partial charge in [0.15, 0.2) is 6.10 Å². The molecule has 0 spiro atoms. The van der Waals surface area contributed by atoms with Gasteiger partial charge in [0.2, 0.25) is 10.0 Å². The molecule has 0 aliphatic carbocycles. The lowest BCUT2D eigenvalue weighted by molar-refractivity contribution is -0.153. The summed E-state index contributed by atoms with van der Waals surface area (Å²) in [5.74, 6) is -1.84. The average molecular weight is 411 g/mol. The number of amides is 2. The first-order valence-corrected chi connectivity index (χ1v) is 10.0. The lowest BCUT2D eigenvalue weighted by Crippen LogP contribution is -2.38. The fourth-order valence-electron chi connectivity index (χ4n) is 2.03. The van der Waals surface area contributed by atoms with Crippen molar-refractivity contribution >= 4 is 27.8 Å². The monoisotopic (exact) mass is 411 g/mol. The van der Waals surface area contributed by atoms with Crippen LogP contribution in [0.5, 0.6) is 0 Å². The summed E-state index contributed by atoms with van der Waals surface area (Å²) in [6.07, 6.45) is 0.476. The first-order valence-electron chi connectivity index (χ1n) is 8.55. The van der Waals surface area contributed by atoms with Crippen molar-refractivity contribution in [2.45, 2.75) is 37.8 Å². The van der Waals surface area contributed by atoms with Crippen molar-refractivity contribution in [3.63, 3.8) is 0 Å². The molecular formula is C18H25N3O6S. The Morgan fingerprint density at radius 3 is 2.25 bits per heavy atom. The van der Waals surface area contributed by atoms with Gasteiger partial charge in [-0.15, -0.1) is 6.58 Å². The Morgan fingerprint density at radius 1 is 1.11 bits per heavy atom. The summed E-state index contributed by atoms with van der Waals surface area (Å²) < 4.78 is 31.4. The minimum absolute atomic E-state index is 0.0246. The van der Waals surface area contributed by atoms with Gasteiger partial charge in [-0.3, -0.25) is 14.4 Å². The summed E-state index contributed by atoms with van der Waals surface area (Å²) in [5, 5.41) is 4.83. The van der Waals surface area contributed by atoms with Crippen LogP contribution in [-0.4, -0.2) is 51.4 Å². The Labute approximate surface area is 164 Å². The number of benzene rings is 1. The van der Waals surface area contributed by atoms with E-state index in [0.29, 0.717) is 0 Å². The molecule has 0 aromatic heterocycles. The van der Waals surface area contributed by atoms with E-state index in [0.717, 1.165) is 0 Å². The predicted octanol–water partition coefficient (Wildman–Crippen LogP) is 0.337. The highest BCUT2D eigenvalue weighted by molar-refractivity contribution is 7.89. The van der Waals surface area contributed by atoms with Gasteiger partial charge in [0, 0.05) is 18.2 Å². The van der Waals surface area contributed by atoms with E-state index >= 15 is 0 Å². The molecular weight excluding hydrogens is 386 g/mol. The molecule has 154 valence electrons. The van der Waals surface area contributed by atoms with Crippen LogP contribution in [0.3, 0.4) is 0 Å². The molecule has 10 heteroatoms. The van der Waals surface area contributed by atoms with Crippen molar-refractivity contribution in [2.75, 3.05) is 13.1 Å². The minimum Gasteiger partial charge on any atom is -0.451 e. The molecule has 9 nitrogen and oxygen atoms in total. The van der Waals surface area contributed by atoms with Gasteiger partial charge in [-0.05, 0) is 45.0 Å². The quantitative estimate of drug-likeness (QED) is 0.376. The molecule has 0 aliphatic rings. The van der Waals surface area contributed by atoms with E-state index in [4.69, 9.17) is 4.74 Å². The van der Waals surface area contributed by atoms with Crippen molar-refractivity contribution < 1.29 is 27.5 Å². The van der Waals surface area contributed by atoms with Gasteiger partial charge in [0.05, 0.1) is 4.90 Å². The second-order valence-electron chi connectivity index (χ2n) is 6.15. The number of nitrogens with one attached hydrogen (secondary N) is 3. The summed E-state index contributed by atoms with van der Waals surface area (Å²) in [6, 6.07) is 5.00. The fourth-order valence-corrected chi connectivity index (χ4v) is 3.28. The first kappa shape index (κ1) is 23.3. The van der Waals surface area contributed by atoms with Crippen molar-refractivity contribution in [1.29, 1.82) is 0 Å². The topological polar surface area (TPSA) is 131 Å². The van der Waals surface area contributed by atoms with E-state index < -0.39 is 40.5 Å². The number of hydrogen-bond donors (Lipinski definition) is 3. The van der Waals surface area contributed by atoms with Crippen LogP contribution >= 0.6 is 0 Å². The van der Waals surface area contributed by atoms with Crippen LogP contribution in [0.25, 0.3) is 0 Å². The fraction of sp³-hybridized carbons (Fsp3) is 0.389. The molecule has 1 atom stereocenters. The summed E-state index contributed by atoms with van der Waals surface area (Å²) >= 11 is 0. The maximum Gasteiger partial charge on any atom is 0.326 e. The zero-order valence-electron chi connectivity index (χ0n) is 16.0. The lowest BCUT2D eigenvalue weighted by Gasteiger charge is -2.13. The van der Waals surface area contributed by atoms with Crippen LogP contribution in [0.4, 0.5) is 0 Å². The van der Waals surface area contributed by atoms with E-state index in [-0.39, 0.29) is 23.0 Å². The summed E-state index contributed by atoms with van der Waals surface area (Å²) in [6.45, 7) is 8.06. The number of esters is 1. The number of carbonyl (C=O) groups excluding carboxylic acids is 3. The smallest absolute Gasteiger partial charge is 0.326 e. The second-order valence-corrected chi connectivity index (χ2v) is 7.86. The Kier molecular flexibility index (Phi) is 8.80. The van der Waals surface area contributed by atoms with Crippen molar-refractivity contribution in [3.05, 3.63) is 42.5 Å². The van der Waals surface area contributed by atoms with E-state index in [1.807, 2.05) is 0 Å². The second kappa shape index (κ2) is 10.6. The van der Waals surface area contributed by atoms with E-state index in [9.17, 15) is 22.8 Å². The molecule has 2 amide bonds. The molecule has 0 fully saturated rings. The van der Waals surface area contributed by atoms with Crippen molar-refractivity contribution in [2.24, 2.45) is 0 Å². The molecule has 0 aliphatic heterocycles. The molecule has 28 heavy (non-hydrogen) atoms. The van der Waals surface area contributed by atoms with Crippen molar-refractivity contribution in [3.8, 4) is 0 Å². The van der Waals surface area contributed by atoms with Crippen LogP contribution in [0.2, 0.25) is 0 Å². The van der Waals surface area contributed by atoms with E-state index in [1.54, 1.807) is 13.8 Å². The third-order valence-electron chi connectivity index (χ3n) is 3.31. The van der Waals surface area contributed by atoms with Gasteiger partial charge in [0.25, 0.3) is 11.8 Å². The van der Waals surface area contributed by atoms with Crippen LogP contribution < -0.4 is 15.4 Å². The molecule has 1 aromatic carbocycles. The molecule has 0 saturated heterocycles. The standard InChI is InChI=1S/C18H25N3O6S/c1-5-10-19-17(23)13(4)27-16(22)11-20-18(24)14-6-8-15(9-7-14)28(25,26)21-12(2)3/h5-9,12-13,21H,1,10-11H2,2-4H3,(H,19,23)(H,20,24)/t13-/m1/s1. The Hall–Kier alpha value is -2.72. The number of carbonyl (C=O) groups is 3. The third kappa shape index (κ3) is 7.49.